The molecule has 0 aliphatic rings. The highest BCUT2D eigenvalue weighted by atomic mass is 16.5. The van der Waals surface area contributed by atoms with Gasteiger partial charge in [0.15, 0.2) is 0 Å². The van der Waals surface area contributed by atoms with Crippen LogP contribution in [0.5, 0.6) is 5.75 Å². The van der Waals surface area contributed by atoms with E-state index in [0.29, 0.717) is 5.75 Å². The topological polar surface area (TPSA) is 89.9 Å². The van der Waals surface area contributed by atoms with E-state index in [2.05, 4.69) is 24.5 Å². The molecule has 0 radical (unpaired) electrons. The largest absolute Gasteiger partial charge is 0.478 e. The third-order valence-corrected chi connectivity index (χ3v) is 1.55. The van der Waals surface area contributed by atoms with E-state index in [1.54, 1.807) is 24.3 Å². The normalized spacial score (nSPS) is 7.68. The summed E-state index contributed by atoms with van der Waals surface area (Å²) in [5.74, 6) is -1.20. The first kappa shape index (κ1) is 21.2. The Hall–Kier alpha value is -3.15. The highest BCUT2D eigenvalue weighted by Crippen LogP contribution is 2.07. The SMILES string of the molecule is C=CC(=O)O.C=CC(=O)Oc1ccccc1.C=COC(C)=O. The van der Waals surface area contributed by atoms with Gasteiger partial charge in [0.25, 0.3) is 0 Å². The van der Waals surface area contributed by atoms with E-state index in [-0.39, 0.29) is 5.97 Å². The Morgan fingerprint density at radius 3 is 1.82 bits per heavy atom. The number of para-hydroxylation sites is 1. The number of carboxylic acid groups (broad SMARTS) is 1. The summed E-state index contributed by atoms with van der Waals surface area (Å²) >= 11 is 0. The molecule has 1 aromatic carbocycles. The van der Waals surface area contributed by atoms with Crippen molar-refractivity contribution in [1.82, 2.24) is 0 Å². The van der Waals surface area contributed by atoms with Crippen LogP contribution in [0.15, 0.2) is 68.5 Å². The number of carboxylic acids is 1. The molecule has 0 bridgehead atoms. The monoisotopic (exact) mass is 306 g/mol. The second-order valence-corrected chi connectivity index (χ2v) is 3.26. The Morgan fingerprint density at radius 2 is 1.55 bits per heavy atom. The lowest BCUT2D eigenvalue weighted by atomic mass is 10.3. The molecule has 6 nitrogen and oxygen atoms in total. The fraction of sp³-hybridized carbons (Fsp3) is 0.0625. The maximum absolute atomic E-state index is 10.6. The zero-order valence-corrected chi connectivity index (χ0v) is 12.2. The van der Waals surface area contributed by atoms with Crippen LogP contribution >= 0.6 is 0 Å². The van der Waals surface area contributed by atoms with Crippen LogP contribution in [0.2, 0.25) is 0 Å². The van der Waals surface area contributed by atoms with Gasteiger partial charge in [-0.2, -0.15) is 0 Å². The Bertz CT molecular complexity index is 505. The molecule has 0 spiro atoms. The summed E-state index contributed by atoms with van der Waals surface area (Å²) in [6.07, 6.45) is 3.06. The molecule has 0 unspecified atom stereocenters. The van der Waals surface area contributed by atoms with Gasteiger partial charge >= 0.3 is 17.9 Å². The van der Waals surface area contributed by atoms with Gasteiger partial charge < -0.3 is 14.6 Å². The summed E-state index contributed by atoms with van der Waals surface area (Å²) in [5.41, 5.74) is 0. The van der Waals surface area contributed by atoms with Crippen LogP contribution in [0.4, 0.5) is 0 Å². The van der Waals surface area contributed by atoms with E-state index >= 15 is 0 Å². The van der Waals surface area contributed by atoms with E-state index in [1.165, 1.54) is 6.92 Å². The van der Waals surface area contributed by atoms with Crippen molar-refractivity contribution >= 4 is 17.9 Å². The summed E-state index contributed by atoms with van der Waals surface area (Å²) in [6, 6.07) is 8.87. The van der Waals surface area contributed by atoms with Crippen molar-refractivity contribution in [1.29, 1.82) is 0 Å². The number of benzene rings is 1. The number of esters is 2. The predicted molar refractivity (Wildman–Crippen MR) is 82.1 cm³/mol. The average molecular weight is 306 g/mol. The molecule has 0 aromatic heterocycles. The van der Waals surface area contributed by atoms with Gasteiger partial charge in [0.2, 0.25) is 0 Å². The molecule has 0 heterocycles. The lowest BCUT2D eigenvalue weighted by Crippen LogP contribution is -2.02. The van der Waals surface area contributed by atoms with Crippen LogP contribution in [0.1, 0.15) is 6.92 Å². The third kappa shape index (κ3) is 16.9. The van der Waals surface area contributed by atoms with E-state index in [4.69, 9.17) is 9.84 Å². The Kier molecular flexibility index (Phi) is 13.7. The van der Waals surface area contributed by atoms with Gasteiger partial charge in [-0.25, -0.2) is 9.59 Å². The van der Waals surface area contributed by atoms with E-state index in [9.17, 15) is 14.4 Å². The van der Waals surface area contributed by atoms with Crippen molar-refractivity contribution in [3.05, 3.63) is 68.5 Å². The number of hydrogen-bond donors (Lipinski definition) is 1. The minimum absolute atomic E-state index is 0.329. The molecule has 0 saturated heterocycles. The molecule has 118 valence electrons. The standard InChI is InChI=1S/C9H8O2.C4H6O2.C3H4O2/c1-2-9(10)11-8-6-4-3-5-7-8;1-3-6-4(2)5;1-2-3(4)5/h2-7H,1H2;3H,1H2,2H3;2H,1H2,(H,4,5). The summed E-state index contributed by atoms with van der Waals surface area (Å²) < 4.78 is 8.97. The molecule has 0 aliphatic heterocycles. The Morgan fingerprint density at radius 1 is 1.05 bits per heavy atom. The average Bonchev–Trinajstić information content (AvgIpc) is 2.49. The van der Waals surface area contributed by atoms with Crippen molar-refractivity contribution in [3.8, 4) is 5.75 Å². The maximum Gasteiger partial charge on any atom is 0.335 e. The maximum atomic E-state index is 10.6. The van der Waals surface area contributed by atoms with E-state index < -0.39 is 11.9 Å². The second-order valence-electron chi connectivity index (χ2n) is 3.26. The zero-order valence-electron chi connectivity index (χ0n) is 12.2. The molecule has 0 atom stereocenters. The molecular weight excluding hydrogens is 288 g/mol. The van der Waals surface area contributed by atoms with E-state index in [1.807, 2.05) is 6.07 Å². The highest BCUT2D eigenvalue weighted by Gasteiger charge is 1.95. The van der Waals surface area contributed by atoms with Crippen LogP contribution in [0.3, 0.4) is 0 Å². The molecule has 1 rings (SSSR count). The minimum atomic E-state index is -0.981. The van der Waals surface area contributed by atoms with Gasteiger partial charge in [-0.1, -0.05) is 37.9 Å². The number of rotatable bonds is 4. The molecular formula is C16H18O6. The molecule has 22 heavy (non-hydrogen) atoms. The smallest absolute Gasteiger partial charge is 0.335 e. The first-order chi connectivity index (χ1) is 10.4. The van der Waals surface area contributed by atoms with Crippen LogP contribution in [-0.4, -0.2) is 23.0 Å². The molecule has 0 amide bonds. The number of carbonyl (C=O) groups excluding carboxylic acids is 2. The Labute approximate surface area is 129 Å². The number of ether oxygens (including phenoxy) is 2. The van der Waals surface area contributed by atoms with Gasteiger partial charge in [0, 0.05) is 19.1 Å². The second kappa shape index (κ2) is 14.3. The highest BCUT2D eigenvalue weighted by molar-refractivity contribution is 5.83. The quantitative estimate of drug-likeness (QED) is 0.398. The summed E-state index contributed by atoms with van der Waals surface area (Å²) in [7, 11) is 0. The summed E-state index contributed by atoms with van der Waals surface area (Å²) in [6.45, 7) is 10.7. The van der Waals surface area contributed by atoms with Crippen LogP contribution in [0, 0.1) is 0 Å². The predicted octanol–water partition coefficient (Wildman–Crippen LogP) is 2.73. The number of aliphatic carboxylic acids is 1. The van der Waals surface area contributed by atoms with Crippen molar-refractivity contribution in [2.45, 2.75) is 6.92 Å². The molecule has 0 saturated carbocycles. The lowest BCUT2D eigenvalue weighted by molar-refractivity contribution is -0.135. The number of hydrogen-bond acceptors (Lipinski definition) is 5. The van der Waals surface area contributed by atoms with Crippen molar-refractivity contribution in [2.24, 2.45) is 0 Å². The number of carbonyl (C=O) groups is 3. The lowest BCUT2D eigenvalue weighted by Gasteiger charge is -1.98. The van der Waals surface area contributed by atoms with Gasteiger partial charge in [-0.3, -0.25) is 4.79 Å². The van der Waals surface area contributed by atoms with Crippen molar-refractivity contribution in [2.75, 3.05) is 0 Å². The third-order valence-electron chi connectivity index (χ3n) is 1.55. The van der Waals surface area contributed by atoms with Gasteiger partial charge in [-0.05, 0) is 12.1 Å². The minimum Gasteiger partial charge on any atom is -0.478 e. The summed E-state index contributed by atoms with van der Waals surface area (Å²) in [4.78, 5) is 29.6. The first-order valence-electron chi connectivity index (χ1n) is 5.90. The molecule has 1 aromatic rings. The van der Waals surface area contributed by atoms with E-state index in [0.717, 1.165) is 18.4 Å². The molecule has 0 fully saturated rings. The zero-order chi connectivity index (χ0) is 17.4. The van der Waals surface area contributed by atoms with Gasteiger partial charge in [0.1, 0.15) is 5.75 Å². The van der Waals surface area contributed by atoms with Crippen LogP contribution in [-0.2, 0) is 19.1 Å². The first-order valence-corrected chi connectivity index (χ1v) is 5.90. The molecule has 6 heteroatoms. The fourth-order valence-corrected chi connectivity index (χ4v) is 0.764. The van der Waals surface area contributed by atoms with Crippen molar-refractivity contribution < 1.29 is 29.0 Å². The Balaban J connectivity index is 0. The van der Waals surface area contributed by atoms with Crippen LogP contribution in [0.25, 0.3) is 0 Å². The molecule has 0 aliphatic carbocycles. The summed E-state index contributed by atoms with van der Waals surface area (Å²) in [5, 5.41) is 7.60. The van der Waals surface area contributed by atoms with Gasteiger partial charge in [0.05, 0.1) is 6.26 Å². The van der Waals surface area contributed by atoms with Crippen molar-refractivity contribution in [3.63, 3.8) is 0 Å². The van der Waals surface area contributed by atoms with Gasteiger partial charge in [-0.15, -0.1) is 0 Å². The molecule has 1 N–H and O–H groups in total. The van der Waals surface area contributed by atoms with Crippen LogP contribution < -0.4 is 4.74 Å². The fourth-order valence-electron chi connectivity index (χ4n) is 0.764.